The first kappa shape index (κ1) is 21.0. The number of likely N-dealkylation sites (N-methyl/N-ethyl adjacent to an activating group) is 1. The van der Waals surface area contributed by atoms with Crippen molar-refractivity contribution in [3.63, 3.8) is 0 Å². The normalized spacial score (nSPS) is 13.0. The van der Waals surface area contributed by atoms with Crippen molar-refractivity contribution in [2.24, 2.45) is 5.92 Å². The van der Waals surface area contributed by atoms with E-state index < -0.39 is 12.1 Å². The van der Waals surface area contributed by atoms with Crippen LogP contribution in [0.15, 0.2) is 24.3 Å². The van der Waals surface area contributed by atoms with E-state index in [9.17, 15) is 14.4 Å². The second kappa shape index (κ2) is 10.0. The van der Waals surface area contributed by atoms with Gasteiger partial charge in [0, 0.05) is 19.0 Å². The fourth-order valence-electron chi connectivity index (χ4n) is 2.51. The Bertz CT molecular complexity index is 602. The minimum Gasteiger partial charge on any atom is -0.357 e. The van der Waals surface area contributed by atoms with Gasteiger partial charge in [-0.15, -0.1) is 0 Å². The molecule has 0 fully saturated rings. The number of rotatable bonds is 8. The lowest BCUT2D eigenvalue weighted by Gasteiger charge is -2.22. The Morgan fingerprint density at radius 3 is 2.16 bits per heavy atom. The standard InChI is InChI=1S/C18H26ClN3O3/c1-11(2)9-16(18(25)20-4)22-17(24)10-15(21-12(3)23)13-5-7-14(19)8-6-13/h5-8,11,15-16H,9-10H2,1-4H3,(H,20,25)(H,21,23)(H,22,24)/t15?,16-/m0/s1. The number of hydrogen-bond acceptors (Lipinski definition) is 3. The minimum atomic E-state index is -0.597. The highest BCUT2D eigenvalue weighted by Gasteiger charge is 2.23. The molecule has 0 saturated carbocycles. The molecule has 2 atom stereocenters. The number of benzene rings is 1. The fourth-order valence-corrected chi connectivity index (χ4v) is 2.63. The Hall–Kier alpha value is -2.08. The van der Waals surface area contributed by atoms with E-state index in [1.165, 1.54) is 14.0 Å². The fraction of sp³-hybridized carbons (Fsp3) is 0.500. The third-order valence-electron chi connectivity index (χ3n) is 3.64. The molecule has 1 aromatic rings. The summed E-state index contributed by atoms with van der Waals surface area (Å²) in [4.78, 5) is 35.8. The summed E-state index contributed by atoms with van der Waals surface area (Å²) in [5, 5.41) is 8.65. The molecule has 1 rings (SSSR count). The average Bonchev–Trinajstić information content (AvgIpc) is 2.52. The molecule has 0 bridgehead atoms. The molecule has 138 valence electrons. The zero-order chi connectivity index (χ0) is 19.0. The molecule has 0 spiro atoms. The molecule has 0 aliphatic rings. The van der Waals surface area contributed by atoms with Gasteiger partial charge in [-0.3, -0.25) is 14.4 Å². The van der Waals surface area contributed by atoms with Crippen LogP contribution in [-0.2, 0) is 14.4 Å². The number of amides is 3. The highest BCUT2D eigenvalue weighted by Crippen LogP contribution is 2.20. The number of hydrogen-bond donors (Lipinski definition) is 3. The predicted octanol–water partition coefficient (Wildman–Crippen LogP) is 2.18. The molecule has 1 aromatic carbocycles. The van der Waals surface area contributed by atoms with Crippen molar-refractivity contribution in [1.29, 1.82) is 0 Å². The summed E-state index contributed by atoms with van der Waals surface area (Å²) in [5.41, 5.74) is 0.773. The van der Waals surface area contributed by atoms with Gasteiger partial charge in [-0.25, -0.2) is 0 Å². The van der Waals surface area contributed by atoms with Gasteiger partial charge < -0.3 is 16.0 Å². The molecule has 25 heavy (non-hydrogen) atoms. The van der Waals surface area contributed by atoms with Gasteiger partial charge >= 0.3 is 0 Å². The predicted molar refractivity (Wildman–Crippen MR) is 98.1 cm³/mol. The van der Waals surface area contributed by atoms with Gasteiger partial charge in [-0.2, -0.15) is 0 Å². The van der Waals surface area contributed by atoms with Gasteiger partial charge in [0.25, 0.3) is 0 Å². The maximum atomic E-state index is 12.4. The van der Waals surface area contributed by atoms with Gasteiger partial charge in [-0.05, 0) is 30.0 Å². The van der Waals surface area contributed by atoms with Crippen molar-refractivity contribution in [2.45, 2.75) is 45.7 Å². The van der Waals surface area contributed by atoms with Crippen LogP contribution in [0.3, 0.4) is 0 Å². The Balaban J connectivity index is 2.84. The van der Waals surface area contributed by atoms with Crippen molar-refractivity contribution >= 4 is 29.3 Å². The first-order valence-corrected chi connectivity index (χ1v) is 8.64. The molecule has 0 aromatic heterocycles. The van der Waals surface area contributed by atoms with Gasteiger partial charge in [0.1, 0.15) is 6.04 Å². The summed E-state index contributed by atoms with van der Waals surface area (Å²) in [6.07, 6.45) is 0.573. The zero-order valence-electron chi connectivity index (χ0n) is 15.1. The number of nitrogens with one attached hydrogen (secondary N) is 3. The Labute approximate surface area is 153 Å². The second-order valence-electron chi connectivity index (χ2n) is 6.37. The van der Waals surface area contributed by atoms with Gasteiger partial charge in [0.2, 0.25) is 17.7 Å². The Morgan fingerprint density at radius 1 is 1.08 bits per heavy atom. The molecule has 7 heteroatoms. The maximum Gasteiger partial charge on any atom is 0.242 e. The summed E-state index contributed by atoms with van der Waals surface area (Å²) in [6.45, 7) is 5.36. The molecule has 0 radical (unpaired) electrons. The van der Waals surface area contributed by atoms with Crippen LogP contribution >= 0.6 is 11.6 Å². The van der Waals surface area contributed by atoms with Gasteiger partial charge in [0.05, 0.1) is 12.5 Å². The third kappa shape index (κ3) is 7.56. The molecule has 0 aliphatic heterocycles. The van der Waals surface area contributed by atoms with E-state index in [0.717, 1.165) is 5.56 Å². The van der Waals surface area contributed by atoms with Gasteiger partial charge in [-0.1, -0.05) is 37.6 Å². The molecule has 0 heterocycles. The lowest BCUT2D eigenvalue weighted by molar-refractivity contribution is -0.129. The number of halogens is 1. The summed E-state index contributed by atoms with van der Waals surface area (Å²) >= 11 is 5.88. The van der Waals surface area contributed by atoms with E-state index in [-0.39, 0.29) is 30.1 Å². The van der Waals surface area contributed by atoms with Crippen molar-refractivity contribution in [3.8, 4) is 0 Å². The van der Waals surface area contributed by atoms with Crippen molar-refractivity contribution < 1.29 is 14.4 Å². The quantitative estimate of drug-likeness (QED) is 0.658. The van der Waals surface area contributed by atoms with Crippen LogP contribution in [0, 0.1) is 5.92 Å². The Morgan fingerprint density at radius 2 is 1.68 bits per heavy atom. The van der Waals surface area contributed by atoms with Crippen molar-refractivity contribution in [1.82, 2.24) is 16.0 Å². The van der Waals surface area contributed by atoms with E-state index in [2.05, 4.69) is 16.0 Å². The maximum absolute atomic E-state index is 12.4. The molecule has 3 N–H and O–H groups in total. The van der Waals surface area contributed by atoms with Crippen molar-refractivity contribution in [3.05, 3.63) is 34.9 Å². The number of carbonyl (C=O) groups is 3. The molecular formula is C18H26ClN3O3. The van der Waals surface area contributed by atoms with E-state index in [0.29, 0.717) is 11.4 Å². The minimum absolute atomic E-state index is 0.0345. The largest absolute Gasteiger partial charge is 0.357 e. The van der Waals surface area contributed by atoms with Crippen LogP contribution in [0.2, 0.25) is 5.02 Å². The van der Waals surface area contributed by atoms with E-state index >= 15 is 0 Å². The topological polar surface area (TPSA) is 87.3 Å². The van der Waals surface area contributed by atoms with E-state index in [1.807, 2.05) is 13.8 Å². The molecule has 0 saturated heterocycles. The monoisotopic (exact) mass is 367 g/mol. The Kier molecular flexibility index (Phi) is 8.41. The van der Waals surface area contributed by atoms with E-state index in [1.54, 1.807) is 24.3 Å². The smallest absolute Gasteiger partial charge is 0.242 e. The first-order chi connectivity index (χ1) is 11.7. The van der Waals surface area contributed by atoms with Gasteiger partial charge in [0.15, 0.2) is 0 Å². The second-order valence-corrected chi connectivity index (χ2v) is 6.81. The molecule has 3 amide bonds. The lowest BCUT2D eigenvalue weighted by atomic mass is 10.0. The summed E-state index contributed by atoms with van der Waals surface area (Å²) in [6, 6.07) is 5.85. The molecule has 1 unspecified atom stereocenters. The van der Waals surface area contributed by atoms with E-state index in [4.69, 9.17) is 11.6 Å². The lowest BCUT2D eigenvalue weighted by Crippen LogP contribution is -2.47. The zero-order valence-corrected chi connectivity index (χ0v) is 15.8. The summed E-state index contributed by atoms with van der Waals surface area (Å²) in [5.74, 6) is -0.518. The summed E-state index contributed by atoms with van der Waals surface area (Å²) < 4.78 is 0. The van der Waals surface area contributed by atoms with Crippen LogP contribution in [0.5, 0.6) is 0 Å². The molecular weight excluding hydrogens is 342 g/mol. The first-order valence-electron chi connectivity index (χ1n) is 8.26. The van der Waals surface area contributed by atoms with Crippen LogP contribution in [0.1, 0.15) is 45.2 Å². The highest BCUT2D eigenvalue weighted by molar-refractivity contribution is 6.30. The number of carbonyl (C=O) groups excluding carboxylic acids is 3. The molecule has 0 aliphatic carbocycles. The van der Waals surface area contributed by atoms with Crippen LogP contribution in [0.25, 0.3) is 0 Å². The summed E-state index contributed by atoms with van der Waals surface area (Å²) in [7, 11) is 1.54. The molecule has 6 nitrogen and oxygen atoms in total. The van der Waals surface area contributed by atoms with Crippen LogP contribution in [0.4, 0.5) is 0 Å². The average molecular weight is 368 g/mol. The van der Waals surface area contributed by atoms with Crippen LogP contribution in [-0.4, -0.2) is 30.8 Å². The van der Waals surface area contributed by atoms with Crippen LogP contribution < -0.4 is 16.0 Å². The SMILES string of the molecule is CNC(=O)[C@H](CC(C)C)NC(=O)CC(NC(C)=O)c1ccc(Cl)cc1. The van der Waals surface area contributed by atoms with Crippen molar-refractivity contribution in [2.75, 3.05) is 7.05 Å². The third-order valence-corrected chi connectivity index (χ3v) is 3.90. The highest BCUT2D eigenvalue weighted by atomic mass is 35.5.